The minimum atomic E-state index is 0.679. The zero-order valence-corrected chi connectivity index (χ0v) is 12.4. The van der Waals surface area contributed by atoms with Crippen molar-refractivity contribution >= 4 is 22.6 Å². The van der Waals surface area contributed by atoms with Gasteiger partial charge in [-0.2, -0.15) is 0 Å². The molecule has 2 heterocycles. The molecule has 2 aliphatic rings. The predicted molar refractivity (Wildman–Crippen MR) is 82.3 cm³/mol. The van der Waals surface area contributed by atoms with Crippen LogP contribution in [0.25, 0.3) is 11.0 Å². The van der Waals surface area contributed by atoms with Gasteiger partial charge in [-0.25, -0.2) is 4.98 Å². The van der Waals surface area contributed by atoms with Crippen LogP contribution in [0.3, 0.4) is 0 Å². The van der Waals surface area contributed by atoms with Gasteiger partial charge in [0.15, 0.2) is 0 Å². The maximum Gasteiger partial charge on any atom is 0.110 e. The fourth-order valence-electron chi connectivity index (χ4n) is 3.33. The molecule has 0 bridgehead atoms. The van der Waals surface area contributed by atoms with Crippen molar-refractivity contribution < 1.29 is 0 Å². The molecule has 0 amide bonds. The van der Waals surface area contributed by atoms with E-state index in [1.54, 1.807) is 0 Å². The highest BCUT2D eigenvalue weighted by atomic mass is 35.5. The first-order chi connectivity index (χ1) is 9.81. The summed E-state index contributed by atoms with van der Waals surface area (Å²) in [5.41, 5.74) is 2.32. The summed E-state index contributed by atoms with van der Waals surface area (Å²) in [5, 5.41) is 4.23. The van der Waals surface area contributed by atoms with Crippen LogP contribution in [0, 0.1) is 5.92 Å². The second-order valence-corrected chi connectivity index (χ2v) is 6.60. The van der Waals surface area contributed by atoms with Crippen molar-refractivity contribution in [2.75, 3.05) is 13.1 Å². The first-order valence-corrected chi connectivity index (χ1v) is 8.06. The maximum absolute atomic E-state index is 6.10. The lowest BCUT2D eigenvalue weighted by Crippen LogP contribution is -2.11. The monoisotopic (exact) mass is 289 g/mol. The average molecular weight is 290 g/mol. The van der Waals surface area contributed by atoms with Crippen LogP contribution < -0.4 is 5.32 Å². The fourth-order valence-corrected chi connectivity index (χ4v) is 3.50. The number of hydrogen-bond acceptors (Lipinski definition) is 2. The van der Waals surface area contributed by atoms with Crippen molar-refractivity contribution in [2.24, 2.45) is 5.92 Å². The molecule has 2 aromatic rings. The van der Waals surface area contributed by atoms with Crippen molar-refractivity contribution in [3.05, 3.63) is 29.0 Å². The number of benzene rings is 1. The summed E-state index contributed by atoms with van der Waals surface area (Å²) in [6.45, 7) is 2.36. The number of halogens is 1. The lowest BCUT2D eigenvalue weighted by atomic mass is 10.0. The highest BCUT2D eigenvalue weighted by Crippen LogP contribution is 2.39. The number of aromatic nitrogens is 2. The van der Waals surface area contributed by atoms with Gasteiger partial charge in [0.25, 0.3) is 0 Å². The van der Waals surface area contributed by atoms with Crippen LogP contribution in [-0.4, -0.2) is 22.6 Å². The molecular weight excluding hydrogens is 270 g/mol. The molecule has 1 saturated carbocycles. The lowest BCUT2D eigenvalue weighted by Gasteiger charge is -2.10. The van der Waals surface area contributed by atoms with Crippen LogP contribution in [0.2, 0.25) is 5.02 Å². The van der Waals surface area contributed by atoms with Crippen LogP contribution in [0.15, 0.2) is 18.2 Å². The Labute approximate surface area is 124 Å². The van der Waals surface area contributed by atoms with Crippen LogP contribution in [0.1, 0.15) is 37.5 Å². The number of fused-ring (bicyclic) bond motifs is 1. The lowest BCUT2D eigenvalue weighted by molar-refractivity contribution is 0.515. The van der Waals surface area contributed by atoms with Crippen LogP contribution >= 0.6 is 11.6 Å². The van der Waals surface area contributed by atoms with Gasteiger partial charge < -0.3 is 9.88 Å². The minimum absolute atomic E-state index is 0.679. The molecule has 1 atom stereocenters. The zero-order chi connectivity index (χ0) is 13.5. The Kier molecular flexibility index (Phi) is 3.20. The summed E-state index contributed by atoms with van der Waals surface area (Å²) in [7, 11) is 0. The summed E-state index contributed by atoms with van der Waals surface area (Å²) in [5.74, 6) is 2.09. The van der Waals surface area contributed by atoms with E-state index < -0.39 is 0 Å². The van der Waals surface area contributed by atoms with Crippen LogP contribution in [0.5, 0.6) is 0 Å². The molecule has 1 N–H and O–H groups in total. The van der Waals surface area contributed by atoms with E-state index in [-0.39, 0.29) is 0 Å². The van der Waals surface area contributed by atoms with E-state index in [1.165, 1.54) is 50.1 Å². The van der Waals surface area contributed by atoms with Crippen LogP contribution in [-0.2, 0) is 6.42 Å². The molecule has 3 nitrogen and oxygen atoms in total. The molecule has 4 rings (SSSR count). The van der Waals surface area contributed by atoms with E-state index in [0.717, 1.165) is 22.9 Å². The fraction of sp³-hybridized carbons (Fsp3) is 0.562. The summed E-state index contributed by atoms with van der Waals surface area (Å²) >= 11 is 6.10. The smallest absolute Gasteiger partial charge is 0.110 e. The largest absolute Gasteiger partial charge is 0.325 e. The van der Waals surface area contributed by atoms with Gasteiger partial charge in [0.2, 0.25) is 0 Å². The van der Waals surface area contributed by atoms with Crippen molar-refractivity contribution in [2.45, 2.75) is 38.1 Å². The molecule has 4 heteroatoms. The second-order valence-electron chi connectivity index (χ2n) is 6.16. The highest BCUT2D eigenvalue weighted by Gasteiger charge is 2.28. The maximum atomic E-state index is 6.10. The quantitative estimate of drug-likeness (QED) is 0.932. The molecule has 2 fully saturated rings. The van der Waals surface area contributed by atoms with Crippen molar-refractivity contribution in [3.63, 3.8) is 0 Å². The molecule has 106 valence electrons. The number of nitrogens with zero attached hydrogens (tertiary/aromatic N) is 2. The van der Waals surface area contributed by atoms with Gasteiger partial charge in [0.05, 0.1) is 11.0 Å². The van der Waals surface area contributed by atoms with Gasteiger partial charge in [-0.15, -0.1) is 0 Å². The number of nitrogens with one attached hydrogen (secondary N) is 1. The molecule has 0 radical (unpaired) electrons. The Bertz CT molecular complexity index is 624. The Morgan fingerprint density at radius 3 is 2.95 bits per heavy atom. The third kappa shape index (κ3) is 2.33. The third-order valence-corrected chi connectivity index (χ3v) is 4.81. The van der Waals surface area contributed by atoms with Crippen molar-refractivity contribution in [1.82, 2.24) is 14.9 Å². The standard InChI is InChI=1S/C16H20ClN3/c17-12-2-5-15-14(9-12)19-16(20(15)13-3-4-13)6-1-11-7-8-18-10-11/h2,5,9,11,13,18H,1,3-4,6-8,10H2. The molecular formula is C16H20ClN3. The summed E-state index contributed by atoms with van der Waals surface area (Å²) in [6, 6.07) is 6.78. The average Bonchev–Trinajstić information content (AvgIpc) is 3.01. The summed E-state index contributed by atoms with van der Waals surface area (Å²) in [6.07, 6.45) is 6.25. The molecule has 20 heavy (non-hydrogen) atoms. The van der Waals surface area contributed by atoms with Gasteiger partial charge in [-0.3, -0.25) is 0 Å². The van der Waals surface area contributed by atoms with Gasteiger partial charge in [-0.1, -0.05) is 11.6 Å². The second kappa shape index (κ2) is 5.05. The normalized spacial score (nSPS) is 22.8. The van der Waals surface area contributed by atoms with E-state index >= 15 is 0 Å². The van der Waals surface area contributed by atoms with E-state index in [0.29, 0.717) is 6.04 Å². The SMILES string of the molecule is Clc1ccc2c(c1)nc(CCC1CCNC1)n2C1CC1. The molecule has 1 aliphatic carbocycles. The molecule has 1 aliphatic heterocycles. The van der Waals surface area contributed by atoms with Gasteiger partial charge in [0, 0.05) is 17.5 Å². The molecule has 1 saturated heterocycles. The summed E-state index contributed by atoms with van der Waals surface area (Å²) in [4.78, 5) is 4.85. The molecule has 0 spiro atoms. The van der Waals surface area contributed by atoms with E-state index in [4.69, 9.17) is 16.6 Å². The topological polar surface area (TPSA) is 29.9 Å². The van der Waals surface area contributed by atoms with E-state index in [9.17, 15) is 0 Å². The van der Waals surface area contributed by atoms with Gasteiger partial charge in [-0.05, 0) is 62.9 Å². The third-order valence-electron chi connectivity index (χ3n) is 4.58. The van der Waals surface area contributed by atoms with Gasteiger partial charge >= 0.3 is 0 Å². The minimum Gasteiger partial charge on any atom is -0.325 e. The van der Waals surface area contributed by atoms with Crippen LogP contribution in [0.4, 0.5) is 0 Å². The first kappa shape index (κ1) is 12.7. The summed E-state index contributed by atoms with van der Waals surface area (Å²) < 4.78 is 2.47. The Morgan fingerprint density at radius 1 is 1.30 bits per heavy atom. The Morgan fingerprint density at radius 2 is 2.20 bits per heavy atom. The number of aryl methyl sites for hydroxylation is 1. The predicted octanol–water partition coefficient (Wildman–Crippen LogP) is 3.57. The zero-order valence-electron chi connectivity index (χ0n) is 11.6. The van der Waals surface area contributed by atoms with E-state index in [2.05, 4.69) is 16.0 Å². The van der Waals surface area contributed by atoms with Crippen molar-refractivity contribution in [3.8, 4) is 0 Å². The molecule has 1 aromatic heterocycles. The highest BCUT2D eigenvalue weighted by molar-refractivity contribution is 6.31. The van der Waals surface area contributed by atoms with Crippen molar-refractivity contribution in [1.29, 1.82) is 0 Å². The number of imidazole rings is 1. The Hall–Kier alpha value is -1.06. The molecule has 1 aromatic carbocycles. The molecule has 1 unspecified atom stereocenters. The number of rotatable bonds is 4. The Balaban J connectivity index is 1.64. The first-order valence-electron chi connectivity index (χ1n) is 7.68. The van der Waals surface area contributed by atoms with E-state index in [1.807, 2.05) is 12.1 Å². The number of hydrogen-bond donors (Lipinski definition) is 1. The van der Waals surface area contributed by atoms with Gasteiger partial charge in [0.1, 0.15) is 5.82 Å².